The molecule has 0 bridgehead atoms. The monoisotopic (exact) mass is 280 g/mol. The van der Waals surface area contributed by atoms with Gasteiger partial charge in [0.25, 0.3) is 0 Å². The summed E-state index contributed by atoms with van der Waals surface area (Å²) in [6.07, 6.45) is 6.80. The molecule has 0 amide bonds. The van der Waals surface area contributed by atoms with E-state index in [4.69, 9.17) is 9.83 Å². The molecule has 0 saturated heterocycles. The van der Waals surface area contributed by atoms with Gasteiger partial charge in [0, 0.05) is 12.1 Å². The van der Waals surface area contributed by atoms with Crippen molar-refractivity contribution in [3.63, 3.8) is 0 Å². The second-order valence-electron chi connectivity index (χ2n) is 5.53. The normalized spacial score (nSPS) is 15.6. The Morgan fingerprint density at radius 3 is 2.95 bits per heavy atom. The van der Waals surface area contributed by atoms with E-state index in [2.05, 4.69) is 21.0 Å². The molecule has 1 aliphatic carbocycles. The Kier molecular flexibility index (Phi) is 2.67. The summed E-state index contributed by atoms with van der Waals surface area (Å²) in [6, 6.07) is 3.65. The SMILES string of the molecule is Cc1nc2oc(C3=CCCCC3)cc3nc(=N)cc([nH]1)c32. The Hall–Kier alpha value is -2.43. The average Bonchev–Trinajstić information content (AvgIpc) is 2.46. The van der Waals surface area contributed by atoms with Crippen LogP contribution in [0.3, 0.4) is 0 Å². The van der Waals surface area contributed by atoms with Crippen molar-refractivity contribution in [1.82, 2.24) is 15.0 Å². The van der Waals surface area contributed by atoms with E-state index in [0.717, 1.165) is 40.8 Å². The molecule has 0 radical (unpaired) electrons. The van der Waals surface area contributed by atoms with Crippen LogP contribution in [-0.2, 0) is 0 Å². The number of allylic oxidation sites excluding steroid dienone is 2. The number of nitrogens with one attached hydrogen (secondary N) is 2. The fourth-order valence-electron chi connectivity index (χ4n) is 2.98. The third-order valence-electron chi connectivity index (χ3n) is 3.93. The van der Waals surface area contributed by atoms with Gasteiger partial charge in [-0.1, -0.05) is 6.08 Å². The van der Waals surface area contributed by atoms with Gasteiger partial charge in [-0.3, -0.25) is 5.41 Å². The van der Waals surface area contributed by atoms with Gasteiger partial charge in [-0.2, -0.15) is 4.98 Å². The van der Waals surface area contributed by atoms with Crippen LogP contribution in [0.15, 0.2) is 22.6 Å². The van der Waals surface area contributed by atoms with Gasteiger partial charge in [-0.15, -0.1) is 0 Å². The van der Waals surface area contributed by atoms with Gasteiger partial charge in [0.15, 0.2) is 0 Å². The summed E-state index contributed by atoms with van der Waals surface area (Å²) in [4.78, 5) is 12.0. The Morgan fingerprint density at radius 2 is 2.14 bits per heavy atom. The summed E-state index contributed by atoms with van der Waals surface area (Å²) in [5, 5.41) is 8.72. The van der Waals surface area contributed by atoms with Crippen molar-refractivity contribution < 1.29 is 4.42 Å². The van der Waals surface area contributed by atoms with Crippen molar-refractivity contribution in [2.75, 3.05) is 0 Å². The molecule has 0 atom stereocenters. The summed E-state index contributed by atoms with van der Waals surface area (Å²) in [5.74, 6) is 1.60. The lowest BCUT2D eigenvalue weighted by Crippen LogP contribution is -2.07. The molecule has 3 aromatic heterocycles. The first-order valence-corrected chi connectivity index (χ1v) is 7.26. The fourth-order valence-corrected chi connectivity index (χ4v) is 2.98. The number of pyridine rings is 1. The highest BCUT2D eigenvalue weighted by Crippen LogP contribution is 2.31. The topological polar surface area (TPSA) is 78.6 Å². The number of nitrogens with zero attached hydrogens (tertiary/aromatic N) is 2. The van der Waals surface area contributed by atoms with Crippen LogP contribution in [0.25, 0.3) is 27.7 Å². The predicted octanol–water partition coefficient (Wildman–Crippen LogP) is 3.45. The Balaban J connectivity index is 2.07. The van der Waals surface area contributed by atoms with Crippen LogP contribution in [-0.4, -0.2) is 15.0 Å². The van der Waals surface area contributed by atoms with E-state index in [0.29, 0.717) is 5.71 Å². The summed E-state index contributed by atoms with van der Waals surface area (Å²) in [5.41, 5.74) is 3.68. The first-order valence-electron chi connectivity index (χ1n) is 7.26. The molecule has 0 saturated carbocycles. The molecular weight excluding hydrogens is 264 g/mol. The standard InChI is InChI=1S/C16H16N4O/c1-9-18-12-8-14(17)20-11-7-13(10-5-3-2-4-6-10)21-16(19-9)15(11)12/h5,7-8,17H,2-4,6H2,1H3,(H,18,19). The number of aromatic amines is 1. The molecule has 1 aliphatic rings. The lowest BCUT2D eigenvalue weighted by atomic mass is 9.97. The van der Waals surface area contributed by atoms with Gasteiger partial charge in [-0.05, 0) is 38.2 Å². The van der Waals surface area contributed by atoms with Crippen LogP contribution in [0.2, 0.25) is 0 Å². The zero-order valence-corrected chi connectivity index (χ0v) is 11.9. The Bertz CT molecular complexity index is 932. The zero-order chi connectivity index (χ0) is 14.4. The molecule has 21 heavy (non-hydrogen) atoms. The molecule has 0 unspecified atom stereocenters. The third-order valence-corrected chi connectivity index (χ3v) is 3.93. The van der Waals surface area contributed by atoms with Crippen molar-refractivity contribution in [2.45, 2.75) is 32.6 Å². The van der Waals surface area contributed by atoms with E-state index in [1.807, 2.05) is 13.0 Å². The molecule has 4 rings (SSSR count). The molecule has 5 nitrogen and oxygen atoms in total. The number of aromatic nitrogens is 3. The van der Waals surface area contributed by atoms with E-state index >= 15 is 0 Å². The van der Waals surface area contributed by atoms with Gasteiger partial charge < -0.3 is 9.40 Å². The summed E-state index contributed by atoms with van der Waals surface area (Å²) in [6.45, 7) is 1.89. The first-order chi connectivity index (χ1) is 10.2. The van der Waals surface area contributed by atoms with Gasteiger partial charge in [0.05, 0.1) is 16.4 Å². The molecule has 3 heterocycles. The Labute approximate surface area is 121 Å². The summed E-state index contributed by atoms with van der Waals surface area (Å²) >= 11 is 0. The molecular formula is C16H16N4O. The smallest absolute Gasteiger partial charge is 0.232 e. The van der Waals surface area contributed by atoms with E-state index < -0.39 is 0 Å². The zero-order valence-electron chi connectivity index (χ0n) is 11.9. The van der Waals surface area contributed by atoms with Crippen molar-refractivity contribution >= 4 is 27.7 Å². The summed E-state index contributed by atoms with van der Waals surface area (Å²) in [7, 11) is 0. The molecule has 106 valence electrons. The highest BCUT2D eigenvalue weighted by molar-refractivity contribution is 6.02. The van der Waals surface area contributed by atoms with Crippen molar-refractivity contribution in [3.05, 3.63) is 35.3 Å². The number of hydrogen-bond acceptors (Lipinski definition) is 4. The quantitative estimate of drug-likeness (QED) is 0.716. The number of rotatable bonds is 1. The maximum absolute atomic E-state index is 7.86. The van der Waals surface area contributed by atoms with Gasteiger partial charge in [0.2, 0.25) is 5.71 Å². The minimum atomic E-state index is 0.250. The molecule has 0 fully saturated rings. The van der Waals surface area contributed by atoms with Crippen LogP contribution in [0.4, 0.5) is 0 Å². The predicted molar refractivity (Wildman–Crippen MR) is 80.7 cm³/mol. The molecule has 5 heteroatoms. The van der Waals surface area contributed by atoms with E-state index in [9.17, 15) is 0 Å². The largest absolute Gasteiger partial charge is 0.438 e. The van der Waals surface area contributed by atoms with Crippen LogP contribution in [0.1, 0.15) is 37.3 Å². The maximum Gasteiger partial charge on any atom is 0.232 e. The number of aryl methyl sites for hydroxylation is 1. The fraction of sp³-hybridized carbons (Fsp3) is 0.312. The van der Waals surface area contributed by atoms with Gasteiger partial charge in [-0.25, -0.2) is 4.98 Å². The minimum Gasteiger partial charge on any atom is -0.438 e. The second-order valence-corrected chi connectivity index (χ2v) is 5.53. The van der Waals surface area contributed by atoms with Gasteiger partial charge >= 0.3 is 0 Å². The minimum absolute atomic E-state index is 0.250. The van der Waals surface area contributed by atoms with Crippen LogP contribution in [0, 0.1) is 12.3 Å². The van der Waals surface area contributed by atoms with E-state index in [1.165, 1.54) is 18.4 Å². The Morgan fingerprint density at radius 1 is 1.24 bits per heavy atom. The van der Waals surface area contributed by atoms with E-state index in [1.54, 1.807) is 6.07 Å². The molecule has 0 aliphatic heterocycles. The van der Waals surface area contributed by atoms with Crippen LogP contribution >= 0.6 is 0 Å². The lowest BCUT2D eigenvalue weighted by molar-refractivity contribution is 0.565. The highest BCUT2D eigenvalue weighted by Gasteiger charge is 2.14. The van der Waals surface area contributed by atoms with Crippen LogP contribution in [0.5, 0.6) is 0 Å². The van der Waals surface area contributed by atoms with Crippen molar-refractivity contribution in [1.29, 1.82) is 5.41 Å². The molecule has 2 N–H and O–H groups in total. The van der Waals surface area contributed by atoms with Gasteiger partial charge in [0.1, 0.15) is 17.1 Å². The van der Waals surface area contributed by atoms with Crippen molar-refractivity contribution in [2.24, 2.45) is 0 Å². The average molecular weight is 280 g/mol. The van der Waals surface area contributed by atoms with E-state index in [-0.39, 0.29) is 5.49 Å². The summed E-state index contributed by atoms with van der Waals surface area (Å²) < 4.78 is 6.02. The third kappa shape index (κ3) is 2.05. The number of hydrogen-bond donors (Lipinski definition) is 2. The first kappa shape index (κ1) is 12.3. The van der Waals surface area contributed by atoms with Crippen LogP contribution < -0.4 is 5.49 Å². The highest BCUT2D eigenvalue weighted by atomic mass is 16.3. The number of H-pyrrole nitrogens is 1. The lowest BCUT2D eigenvalue weighted by Gasteiger charge is -2.13. The molecule has 3 aromatic rings. The molecule has 0 spiro atoms. The van der Waals surface area contributed by atoms with Crippen molar-refractivity contribution in [3.8, 4) is 0 Å². The maximum atomic E-state index is 7.86. The molecule has 0 aromatic carbocycles. The second kappa shape index (κ2) is 4.55.